The number of halogens is 1. The average Bonchev–Trinajstić information content (AvgIpc) is 2.93. The van der Waals surface area contributed by atoms with Crippen molar-refractivity contribution in [3.8, 4) is 0 Å². The third-order valence-electron chi connectivity index (χ3n) is 5.17. The van der Waals surface area contributed by atoms with Crippen LogP contribution in [0.1, 0.15) is 22.3 Å². The van der Waals surface area contributed by atoms with Crippen molar-refractivity contribution in [2.24, 2.45) is 0 Å². The summed E-state index contributed by atoms with van der Waals surface area (Å²) >= 11 is 3.45. The van der Waals surface area contributed by atoms with E-state index in [1.807, 2.05) is 29.2 Å². The van der Waals surface area contributed by atoms with Gasteiger partial charge in [0, 0.05) is 42.8 Å². The predicted molar refractivity (Wildman–Crippen MR) is 114 cm³/mol. The van der Waals surface area contributed by atoms with Crippen LogP contribution in [0.15, 0.2) is 71.2 Å². The molecule has 1 saturated heterocycles. The summed E-state index contributed by atoms with van der Waals surface area (Å²) < 4.78 is 0.945. The van der Waals surface area contributed by atoms with Gasteiger partial charge in [-0.15, -0.1) is 0 Å². The Labute approximate surface area is 168 Å². The maximum absolute atomic E-state index is 12.8. The Kier molecular flexibility index (Phi) is 5.55. The maximum Gasteiger partial charge on any atom is 0.253 e. The fraction of sp³-hybridized carbons (Fsp3) is 0.261. The molecule has 0 aromatic heterocycles. The number of benzene rings is 3. The van der Waals surface area contributed by atoms with Gasteiger partial charge in [0.25, 0.3) is 5.91 Å². The summed E-state index contributed by atoms with van der Waals surface area (Å²) in [6.07, 6.45) is 1.01. The first-order valence-corrected chi connectivity index (χ1v) is 10.2. The van der Waals surface area contributed by atoms with Gasteiger partial charge in [0.15, 0.2) is 0 Å². The standard InChI is InChI=1S/C23H23BrN2O/c24-22-8-3-7-21(16-22)23(27)26-12-4-11-25(13-14-26)17-18-9-10-19-5-1-2-6-20(19)15-18/h1-3,5-10,15-16H,4,11-14,17H2. The molecule has 0 spiro atoms. The Bertz CT molecular complexity index is 956. The van der Waals surface area contributed by atoms with E-state index in [1.165, 1.54) is 16.3 Å². The fourth-order valence-electron chi connectivity index (χ4n) is 3.73. The van der Waals surface area contributed by atoms with Gasteiger partial charge in [-0.05, 0) is 47.0 Å². The van der Waals surface area contributed by atoms with Crippen molar-refractivity contribution in [3.63, 3.8) is 0 Å². The Morgan fingerprint density at radius 2 is 1.70 bits per heavy atom. The molecule has 27 heavy (non-hydrogen) atoms. The topological polar surface area (TPSA) is 23.6 Å². The zero-order chi connectivity index (χ0) is 18.6. The van der Waals surface area contributed by atoms with Crippen LogP contribution in [0, 0.1) is 0 Å². The maximum atomic E-state index is 12.8. The third-order valence-corrected chi connectivity index (χ3v) is 5.66. The second kappa shape index (κ2) is 8.24. The van der Waals surface area contributed by atoms with Crippen molar-refractivity contribution >= 4 is 32.6 Å². The summed E-state index contributed by atoms with van der Waals surface area (Å²) in [5.41, 5.74) is 2.09. The molecular weight excluding hydrogens is 400 g/mol. The molecule has 3 aromatic carbocycles. The average molecular weight is 423 g/mol. The van der Waals surface area contributed by atoms with Crippen LogP contribution in [-0.4, -0.2) is 41.9 Å². The van der Waals surface area contributed by atoms with E-state index < -0.39 is 0 Å². The molecule has 1 heterocycles. The molecule has 3 aromatic rings. The summed E-state index contributed by atoms with van der Waals surface area (Å²) in [6.45, 7) is 4.46. The van der Waals surface area contributed by atoms with Crippen molar-refractivity contribution < 1.29 is 4.79 Å². The molecule has 0 radical (unpaired) electrons. The highest BCUT2D eigenvalue weighted by molar-refractivity contribution is 9.10. The van der Waals surface area contributed by atoms with Gasteiger partial charge >= 0.3 is 0 Å². The highest BCUT2D eigenvalue weighted by Gasteiger charge is 2.20. The number of hydrogen-bond acceptors (Lipinski definition) is 2. The summed E-state index contributed by atoms with van der Waals surface area (Å²) in [6, 6.07) is 22.8. The molecule has 4 heteroatoms. The molecule has 138 valence electrons. The van der Waals surface area contributed by atoms with Crippen molar-refractivity contribution in [3.05, 3.63) is 82.3 Å². The Hall–Kier alpha value is -2.17. The monoisotopic (exact) mass is 422 g/mol. The first kappa shape index (κ1) is 18.2. The van der Waals surface area contributed by atoms with Crippen LogP contribution in [0.2, 0.25) is 0 Å². The highest BCUT2D eigenvalue weighted by atomic mass is 79.9. The lowest BCUT2D eigenvalue weighted by Crippen LogP contribution is -2.35. The molecule has 0 bridgehead atoms. The number of nitrogens with zero attached hydrogens (tertiary/aromatic N) is 2. The molecule has 0 N–H and O–H groups in total. The van der Waals surface area contributed by atoms with Crippen LogP contribution in [0.5, 0.6) is 0 Å². The molecule has 0 atom stereocenters. The second-order valence-corrected chi connectivity index (χ2v) is 8.03. The van der Waals surface area contributed by atoms with Crippen LogP contribution < -0.4 is 0 Å². The minimum absolute atomic E-state index is 0.129. The first-order valence-electron chi connectivity index (χ1n) is 9.44. The minimum atomic E-state index is 0.129. The quantitative estimate of drug-likeness (QED) is 0.595. The van der Waals surface area contributed by atoms with Gasteiger partial charge in [0.05, 0.1) is 0 Å². The Balaban J connectivity index is 1.41. The molecular formula is C23H23BrN2O. The lowest BCUT2D eigenvalue weighted by Gasteiger charge is -2.22. The van der Waals surface area contributed by atoms with E-state index >= 15 is 0 Å². The largest absolute Gasteiger partial charge is 0.337 e. The molecule has 4 rings (SSSR count). The van der Waals surface area contributed by atoms with E-state index in [2.05, 4.69) is 63.3 Å². The van der Waals surface area contributed by atoms with E-state index in [9.17, 15) is 4.79 Å². The number of carbonyl (C=O) groups is 1. The summed E-state index contributed by atoms with van der Waals surface area (Å²) in [4.78, 5) is 17.2. The van der Waals surface area contributed by atoms with Gasteiger partial charge in [-0.25, -0.2) is 0 Å². The van der Waals surface area contributed by atoms with Crippen molar-refractivity contribution in [2.75, 3.05) is 26.2 Å². The van der Waals surface area contributed by atoms with E-state index in [-0.39, 0.29) is 5.91 Å². The van der Waals surface area contributed by atoms with Gasteiger partial charge < -0.3 is 4.90 Å². The van der Waals surface area contributed by atoms with Crippen LogP contribution in [0.25, 0.3) is 10.8 Å². The van der Waals surface area contributed by atoms with E-state index in [1.54, 1.807) is 0 Å². The number of fused-ring (bicyclic) bond motifs is 1. The third kappa shape index (κ3) is 4.40. The number of hydrogen-bond donors (Lipinski definition) is 0. The molecule has 1 aliphatic rings. The molecule has 0 saturated carbocycles. The Morgan fingerprint density at radius 1 is 0.852 bits per heavy atom. The molecule has 1 aliphatic heterocycles. The molecule has 1 amide bonds. The molecule has 3 nitrogen and oxygen atoms in total. The normalized spacial score (nSPS) is 15.7. The summed E-state index contributed by atoms with van der Waals surface area (Å²) in [7, 11) is 0. The van der Waals surface area contributed by atoms with Crippen LogP contribution in [-0.2, 0) is 6.54 Å². The smallest absolute Gasteiger partial charge is 0.253 e. The lowest BCUT2D eigenvalue weighted by molar-refractivity contribution is 0.0761. The zero-order valence-corrected chi connectivity index (χ0v) is 16.9. The predicted octanol–water partition coefficient (Wildman–Crippen LogP) is 4.95. The van der Waals surface area contributed by atoms with Gasteiger partial charge in [-0.3, -0.25) is 9.69 Å². The lowest BCUT2D eigenvalue weighted by atomic mass is 10.1. The minimum Gasteiger partial charge on any atom is -0.337 e. The summed E-state index contributed by atoms with van der Waals surface area (Å²) in [5, 5.41) is 2.57. The number of amides is 1. The van der Waals surface area contributed by atoms with Crippen LogP contribution in [0.4, 0.5) is 0 Å². The SMILES string of the molecule is O=C(c1cccc(Br)c1)N1CCCN(Cc2ccc3ccccc3c2)CC1. The number of rotatable bonds is 3. The Morgan fingerprint density at radius 3 is 2.56 bits per heavy atom. The van der Waals surface area contributed by atoms with Gasteiger partial charge in [-0.1, -0.05) is 58.4 Å². The summed E-state index contributed by atoms with van der Waals surface area (Å²) in [5.74, 6) is 0.129. The number of carbonyl (C=O) groups excluding carboxylic acids is 1. The molecule has 1 fully saturated rings. The van der Waals surface area contributed by atoms with Gasteiger partial charge in [0.2, 0.25) is 0 Å². The van der Waals surface area contributed by atoms with Crippen LogP contribution >= 0.6 is 15.9 Å². The van der Waals surface area contributed by atoms with E-state index in [4.69, 9.17) is 0 Å². The van der Waals surface area contributed by atoms with Gasteiger partial charge in [-0.2, -0.15) is 0 Å². The highest BCUT2D eigenvalue weighted by Crippen LogP contribution is 2.18. The van der Waals surface area contributed by atoms with E-state index in [0.717, 1.165) is 49.2 Å². The van der Waals surface area contributed by atoms with E-state index in [0.29, 0.717) is 0 Å². The second-order valence-electron chi connectivity index (χ2n) is 7.11. The van der Waals surface area contributed by atoms with Crippen molar-refractivity contribution in [1.82, 2.24) is 9.80 Å². The first-order chi connectivity index (χ1) is 13.2. The van der Waals surface area contributed by atoms with Crippen LogP contribution in [0.3, 0.4) is 0 Å². The van der Waals surface area contributed by atoms with Crippen molar-refractivity contribution in [2.45, 2.75) is 13.0 Å². The molecule has 0 aliphatic carbocycles. The van der Waals surface area contributed by atoms with Crippen molar-refractivity contribution in [1.29, 1.82) is 0 Å². The molecule has 0 unspecified atom stereocenters. The van der Waals surface area contributed by atoms with Gasteiger partial charge in [0.1, 0.15) is 0 Å². The zero-order valence-electron chi connectivity index (χ0n) is 15.3. The fourth-order valence-corrected chi connectivity index (χ4v) is 4.13.